The van der Waals surface area contributed by atoms with Crippen LogP contribution in [0.5, 0.6) is 0 Å². The van der Waals surface area contributed by atoms with Gasteiger partial charge in [0.25, 0.3) is 0 Å². The van der Waals surface area contributed by atoms with Gasteiger partial charge in [0.2, 0.25) is 0 Å². The van der Waals surface area contributed by atoms with Crippen molar-refractivity contribution in [2.75, 3.05) is 19.0 Å². The van der Waals surface area contributed by atoms with E-state index < -0.39 is 0 Å². The van der Waals surface area contributed by atoms with Crippen LogP contribution in [0.1, 0.15) is 6.92 Å². The number of rotatable bonds is 7. The molecule has 5 aromatic rings. The van der Waals surface area contributed by atoms with Crippen molar-refractivity contribution in [2.45, 2.75) is 13.0 Å². The third-order valence-corrected chi connectivity index (χ3v) is 6.60. The smallest absolute Gasteiger partial charge is 0.199 e. The highest BCUT2D eigenvalue weighted by molar-refractivity contribution is 7.22. The number of aryl methyl sites for hydroxylation is 1. The van der Waals surface area contributed by atoms with Crippen molar-refractivity contribution in [1.29, 1.82) is 0 Å². The Labute approximate surface area is 196 Å². The van der Waals surface area contributed by atoms with Crippen molar-refractivity contribution in [1.82, 2.24) is 19.5 Å². The molecule has 0 saturated carbocycles. The summed E-state index contributed by atoms with van der Waals surface area (Å²) >= 11 is 1.68. The lowest BCUT2D eigenvalue weighted by molar-refractivity contribution is 0.190. The largest absolute Gasteiger partial charge is 0.383 e. The maximum atomic E-state index is 5.38. The molecule has 0 amide bonds. The molecule has 5 rings (SSSR count). The molecule has 1 atom stereocenters. The fourth-order valence-corrected chi connectivity index (χ4v) is 5.19. The second kappa shape index (κ2) is 9.13. The van der Waals surface area contributed by atoms with Crippen molar-refractivity contribution in [3.63, 3.8) is 0 Å². The van der Waals surface area contributed by atoms with Crippen LogP contribution in [0.25, 0.3) is 43.4 Å². The SMILES string of the molecule is COCC(C)Nc1nc(-c2nccn2C)nc2sc(-c3ccccc3)c(-c3ccccc3)c12. The van der Waals surface area contributed by atoms with E-state index in [2.05, 4.69) is 65.8 Å². The van der Waals surface area contributed by atoms with Crippen LogP contribution in [0.2, 0.25) is 0 Å². The van der Waals surface area contributed by atoms with E-state index >= 15 is 0 Å². The molecule has 2 aromatic carbocycles. The molecule has 33 heavy (non-hydrogen) atoms. The fraction of sp³-hybridized carbons (Fsp3) is 0.192. The fourth-order valence-electron chi connectivity index (χ4n) is 3.98. The van der Waals surface area contributed by atoms with Crippen LogP contribution in [0.3, 0.4) is 0 Å². The molecule has 1 unspecified atom stereocenters. The predicted octanol–water partition coefficient (Wildman–Crippen LogP) is 5.87. The van der Waals surface area contributed by atoms with Crippen molar-refractivity contribution in [3.8, 4) is 33.2 Å². The zero-order valence-corrected chi connectivity index (χ0v) is 19.6. The lowest BCUT2D eigenvalue weighted by Gasteiger charge is -2.16. The molecule has 3 heterocycles. The third-order valence-electron chi connectivity index (χ3n) is 5.47. The minimum Gasteiger partial charge on any atom is -0.383 e. The number of anilines is 1. The van der Waals surface area contributed by atoms with Crippen LogP contribution in [0, 0.1) is 0 Å². The minimum absolute atomic E-state index is 0.0750. The number of methoxy groups -OCH3 is 1. The highest BCUT2D eigenvalue weighted by Crippen LogP contribution is 2.46. The van der Waals surface area contributed by atoms with Crippen molar-refractivity contribution >= 4 is 27.4 Å². The van der Waals surface area contributed by atoms with Gasteiger partial charge in [0.05, 0.1) is 12.0 Å². The summed E-state index contributed by atoms with van der Waals surface area (Å²) < 4.78 is 7.32. The van der Waals surface area contributed by atoms with Gasteiger partial charge in [0, 0.05) is 43.0 Å². The van der Waals surface area contributed by atoms with Crippen LogP contribution in [-0.2, 0) is 11.8 Å². The molecule has 0 aliphatic rings. The van der Waals surface area contributed by atoms with Gasteiger partial charge in [-0.2, -0.15) is 0 Å². The molecule has 0 aliphatic heterocycles. The Morgan fingerprint density at radius 2 is 1.70 bits per heavy atom. The lowest BCUT2D eigenvalue weighted by Crippen LogP contribution is -2.22. The number of thiophene rings is 1. The Hall–Kier alpha value is -3.55. The van der Waals surface area contributed by atoms with Gasteiger partial charge in [-0.15, -0.1) is 11.3 Å². The second-order valence-corrected chi connectivity index (χ2v) is 8.98. The van der Waals surface area contributed by atoms with Crippen LogP contribution in [0.15, 0.2) is 73.1 Å². The van der Waals surface area contributed by atoms with Crippen LogP contribution in [0.4, 0.5) is 5.82 Å². The number of hydrogen-bond acceptors (Lipinski definition) is 6. The van der Waals surface area contributed by atoms with Gasteiger partial charge in [-0.3, -0.25) is 0 Å². The van der Waals surface area contributed by atoms with E-state index in [1.165, 1.54) is 4.88 Å². The summed E-state index contributed by atoms with van der Waals surface area (Å²) in [5.41, 5.74) is 3.44. The molecule has 0 radical (unpaired) electrons. The minimum atomic E-state index is 0.0750. The van der Waals surface area contributed by atoms with Gasteiger partial charge in [0.1, 0.15) is 10.6 Å². The van der Waals surface area contributed by atoms with Crippen LogP contribution in [-0.4, -0.2) is 39.3 Å². The average molecular weight is 456 g/mol. The monoisotopic (exact) mass is 455 g/mol. The molecule has 1 N–H and O–H groups in total. The number of nitrogens with zero attached hydrogens (tertiary/aromatic N) is 4. The number of benzene rings is 2. The number of nitrogens with one attached hydrogen (secondary N) is 1. The number of ether oxygens (including phenoxy) is 1. The highest BCUT2D eigenvalue weighted by atomic mass is 32.1. The lowest BCUT2D eigenvalue weighted by atomic mass is 9.99. The summed E-state index contributed by atoms with van der Waals surface area (Å²) in [5, 5.41) is 4.60. The number of aromatic nitrogens is 4. The summed E-state index contributed by atoms with van der Waals surface area (Å²) in [5.74, 6) is 2.12. The molecule has 7 heteroatoms. The van der Waals surface area contributed by atoms with Crippen LogP contribution >= 0.6 is 11.3 Å². The third kappa shape index (κ3) is 4.13. The molecule has 0 fully saturated rings. The topological polar surface area (TPSA) is 64.9 Å². The first kappa shape index (κ1) is 21.3. The van der Waals surface area contributed by atoms with Gasteiger partial charge in [-0.1, -0.05) is 60.7 Å². The quantitative estimate of drug-likeness (QED) is 0.332. The van der Waals surface area contributed by atoms with Gasteiger partial charge >= 0.3 is 0 Å². The van der Waals surface area contributed by atoms with Crippen LogP contribution < -0.4 is 5.32 Å². The van der Waals surface area contributed by atoms with Crippen molar-refractivity contribution in [3.05, 3.63) is 73.1 Å². The van der Waals surface area contributed by atoms with Gasteiger partial charge in [-0.25, -0.2) is 15.0 Å². The molecule has 3 aromatic heterocycles. The standard InChI is InChI=1S/C26H25N5OS/c1-17(16-32-3)28-23-21-20(18-10-6-4-7-11-18)22(19-12-8-5-9-13-19)33-26(21)30-24(29-23)25-27-14-15-31(25)2/h4-15,17H,16H2,1-3H3,(H,28,29,30). The molecule has 0 aliphatic carbocycles. The molecular weight excluding hydrogens is 430 g/mol. The summed E-state index contributed by atoms with van der Waals surface area (Å²) in [4.78, 5) is 16.5. The van der Waals surface area contributed by atoms with E-state index in [0.717, 1.165) is 38.5 Å². The Bertz CT molecular complexity index is 1380. The predicted molar refractivity (Wildman–Crippen MR) is 135 cm³/mol. The van der Waals surface area contributed by atoms with Gasteiger partial charge in [-0.05, 0) is 18.1 Å². The van der Waals surface area contributed by atoms with E-state index in [1.54, 1.807) is 24.6 Å². The number of imidazole rings is 1. The Morgan fingerprint density at radius 3 is 2.33 bits per heavy atom. The maximum Gasteiger partial charge on any atom is 0.199 e. The van der Waals surface area contributed by atoms with Crippen molar-refractivity contribution in [2.24, 2.45) is 7.05 Å². The molecular formula is C26H25N5OS. The Morgan fingerprint density at radius 1 is 1.00 bits per heavy atom. The number of hydrogen-bond donors (Lipinski definition) is 1. The average Bonchev–Trinajstić information content (AvgIpc) is 3.44. The molecule has 0 bridgehead atoms. The zero-order valence-electron chi connectivity index (χ0n) is 18.8. The Kier molecular flexibility index (Phi) is 5.90. The Balaban J connectivity index is 1.82. The molecule has 6 nitrogen and oxygen atoms in total. The zero-order chi connectivity index (χ0) is 22.8. The van der Waals surface area contributed by atoms with E-state index in [9.17, 15) is 0 Å². The van der Waals surface area contributed by atoms with E-state index in [1.807, 2.05) is 29.9 Å². The normalized spacial score (nSPS) is 12.2. The first-order valence-electron chi connectivity index (χ1n) is 10.8. The summed E-state index contributed by atoms with van der Waals surface area (Å²) in [6.07, 6.45) is 3.67. The molecule has 166 valence electrons. The number of fused-ring (bicyclic) bond motifs is 1. The first-order chi connectivity index (χ1) is 16.2. The first-order valence-corrected chi connectivity index (χ1v) is 11.7. The van der Waals surface area contributed by atoms with Gasteiger partial charge < -0.3 is 14.6 Å². The van der Waals surface area contributed by atoms with E-state index in [4.69, 9.17) is 14.7 Å². The summed E-state index contributed by atoms with van der Waals surface area (Å²) in [7, 11) is 3.66. The highest BCUT2D eigenvalue weighted by Gasteiger charge is 2.23. The summed E-state index contributed by atoms with van der Waals surface area (Å²) in [6.45, 7) is 2.66. The van der Waals surface area contributed by atoms with Crippen molar-refractivity contribution < 1.29 is 4.74 Å². The second-order valence-electron chi connectivity index (χ2n) is 7.98. The van der Waals surface area contributed by atoms with Gasteiger partial charge in [0.15, 0.2) is 11.6 Å². The molecule has 0 saturated heterocycles. The van der Waals surface area contributed by atoms with E-state index in [-0.39, 0.29) is 6.04 Å². The molecule has 0 spiro atoms. The van der Waals surface area contributed by atoms with E-state index in [0.29, 0.717) is 12.4 Å². The maximum absolute atomic E-state index is 5.38. The summed E-state index contributed by atoms with van der Waals surface area (Å²) in [6, 6.07) is 21.0.